The van der Waals surface area contributed by atoms with Crippen LogP contribution in [0.15, 0.2) is 36.5 Å². The van der Waals surface area contributed by atoms with Crippen molar-refractivity contribution in [1.29, 1.82) is 0 Å². The van der Waals surface area contributed by atoms with Gasteiger partial charge in [-0.15, -0.1) is 0 Å². The number of carbonyl (C=O) groups excluding carboxylic acids is 1. The Morgan fingerprint density at radius 2 is 2.06 bits per heavy atom. The number of pyridine rings is 1. The number of hydrogen-bond donors (Lipinski definition) is 2. The minimum absolute atomic E-state index is 0.0184. The highest BCUT2D eigenvalue weighted by atomic mass is 19.4. The summed E-state index contributed by atoms with van der Waals surface area (Å²) in [5.74, 6) is 0.499. The fourth-order valence-electron chi connectivity index (χ4n) is 4.97. The first-order valence-corrected chi connectivity index (χ1v) is 10.4. The molecule has 0 aliphatic heterocycles. The van der Waals surface area contributed by atoms with E-state index in [0.29, 0.717) is 23.7 Å². The van der Waals surface area contributed by atoms with Crippen molar-refractivity contribution < 1.29 is 27.8 Å². The SMILES string of the molecule is Cc1ccnc(C(=O)N[C@H]2CC3CC2[C@H](COCc2cccc(C(F)(F)F)c2)C3)c1O. The van der Waals surface area contributed by atoms with Gasteiger partial charge in [0.15, 0.2) is 5.69 Å². The van der Waals surface area contributed by atoms with Crippen LogP contribution in [0.25, 0.3) is 0 Å². The molecule has 8 heteroatoms. The Morgan fingerprint density at radius 3 is 2.81 bits per heavy atom. The van der Waals surface area contributed by atoms with Crippen molar-refractivity contribution in [3.8, 4) is 5.75 Å². The van der Waals surface area contributed by atoms with Gasteiger partial charge in [-0.3, -0.25) is 4.79 Å². The van der Waals surface area contributed by atoms with Gasteiger partial charge in [0.1, 0.15) is 5.75 Å². The van der Waals surface area contributed by atoms with E-state index in [4.69, 9.17) is 4.74 Å². The number of nitrogens with zero attached hydrogens (tertiary/aromatic N) is 1. The number of benzene rings is 1. The van der Waals surface area contributed by atoms with Crippen LogP contribution in [0.2, 0.25) is 0 Å². The van der Waals surface area contributed by atoms with E-state index in [9.17, 15) is 23.1 Å². The van der Waals surface area contributed by atoms with E-state index < -0.39 is 11.7 Å². The monoisotopic (exact) mass is 434 g/mol. The third-order valence-corrected chi connectivity index (χ3v) is 6.46. The number of alkyl halides is 3. The molecule has 2 aromatic rings. The minimum Gasteiger partial charge on any atom is -0.505 e. The maximum Gasteiger partial charge on any atom is 0.416 e. The predicted molar refractivity (Wildman–Crippen MR) is 107 cm³/mol. The molecule has 2 bridgehead atoms. The highest BCUT2D eigenvalue weighted by molar-refractivity contribution is 5.95. The van der Waals surface area contributed by atoms with Crippen LogP contribution in [0.3, 0.4) is 0 Å². The summed E-state index contributed by atoms with van der Waals surface area (Å²) in [6.07, 6.45) is -0.00172. The summed E-state index contributed by atoms with van der Waals surface area (Å²) in [6.45, 7) is 2.27. The summed E-state index contributed by atoms with van der Waals surface area (Å²) in [5, 5.41) is 13.1. The molecule has 1 heterocycles. The summed E-state index contributed by atoms with van der Waals surface area (Å²) >= 11 is 0. The van der Waals surface area contributed by atoms with Gasteiger partial charge in [-0.05, 0) is 73.3 Å². The molecule has 2 saturated carbocycles. The van der Waals surface area contributed by atoms with Gasteiger partial charge in [-0.1, -0.05) is 12.1 Å². The number of carbonyl (C=O) groups is 1. The average Bonchev–Trinajstić information content (AvgIpc) is 3.29. The number of aryl methyl sites for hydroxylation is 1. The number of aromatic nitrogens is 1. The quantitative estimate of drug-likeness (QED) is 0.704. The van der Waals surface area contributed by atoms with Gasteiger partial charge < -0.3 is 15.2 Å². The zero-order chi connectivity index (χ0) is 22.2. The number of ether oxygens (including phenoxy) is 1. The van der Waals surface area contributed by atoms with E-state index in [1.54, 1.807) is 19.1 Å². The summed E-state index contributed by atoms with van der Waals surface area (Å²) in [5.41, 5.74) is 0.433. The molecule has 1 aromatic heterocycles. The number of fused-ring (bicyclic) bond motifs is 2. The van der Waals surface area contributed by atoms with Crippen molar-refractivity contribution in [3.63, 3.8) is 0 Å². The molecule has 2 fully saturated rings. The lowest BCUT2D eigenvalue weighted by atomic mass is 9.85. The van der Waals surface area contributed by atoms with Crippen molar-refractivity contribution in [2.45, 2.75) is 45.0 Å². The molecular formula is C23H25F3N2O3. The fourth-order valence-corrected chi connectivity index (χ4v) is 4.97. The molecule has 166 valence electrons. The minimum atomic E-state index is -4.37. The number of rotatable bonds is 6. The van der Waals surface area contributed by atoms with E-state index >= 15 is 0 Å². The molecule has 1 amide bonds. The Bertz CT molecular complexity index is 963. The van der Waals surface area contributed by atoms with Gasteiger partial charge in [0.25, 0.3) is 5.91 Å². The van der Waals surface area contributed by atoms with Gasteiger partial charge >= 0.3 is 6.18 Å². The third kappa shape index (κ3) is 4.69. The largest absolute Gasteiger partial charge is 0.505 e. The summed E-state index contributed by atoms with van der Waals surface area (Å²) in [6, 6.07) is 6.80. The van der Waals surface area contributed by atoms with E-state index in [-0.39, 0.29) is 41.8 Å². The zero-order valence-corrected chi connectivity index (χ0v) is 17.2. The van der Waals surface area contributed by atoms with E-state index in [1.165, 1.54) is 12.3 Å². The lowest BCUT2D eigenvalue weighted by Crippen LogP contribution is -2.42. The second-order valence-corrected chi connectivity index (χ2v) is 8.62. The van der Waals surface area contributed by atoms with Crippen molar-refractivity contribution in [2.75, 3.05) is 6.61 Å². The van der Waals surface area contributed by atoms with Gasteiger partial charge in [0, 0.05) is 12.2 Å². The fraction of sp³-hybridized carbons (Fsp3) is 0.478. The number of aromatic hydroxyl groups is 1. The van der Waals surface area contributed by atoms with Crippen molar-refractivity contribution in [1.82, 2.24) is 10.3 Å². The van der Waals surface area contributed by atoms with Gasteiger partial charge in [0.05, 0.1) is 18.8 Å². The summed E-state index contributed by atoms with van der Waals surface area (Å²) in [4.78, 5) is 16.6. The molecule has 2 N–H and O–H groups in total. The molecule has 4 rings (SSSR count). The van der Waals surface area contributed by atoms with Crippen molar-refractivity contribution in [3.05, 3.63) is 58.9 Å². The maximum atomic E-state index is 12.9. The molecule has 2 aliphatic carbocycles. The molecule has 5 nitrogen and oxygen atoms in total. The number of hydrogen-bond acceptors (Lipinski definition) is 4. The molecule has 2 unspecified atom stereocenters. The molecule has 0 saturated heterocycles. The van der Waals surface area contributed by atoms with Crippen LogP contribution in [0, 0.1) is 24.7 Å². The Hall–Kier alpha value is -2.61. The van der Waals surface area contributed by atoms with Gasteiger partial charge in [-0.25, -0.2) is 4.98 Å². The Kier molecular flexibility index (Phi) is 5.92. The van der Waals surface area contributed by atoms with Crippen LogP contribution < -0.4 is 5.32 Å². The van der Waals surface area contributed by atoms with E-state index in [0.717, 1.165) is 31.4 Å². The predicted octanol–water partition coefficient (Wildman–Crippen LogP) is 4.48. The number of nitrogens with one attached hydrogen (secondary N) is 1. The summed E-state index contributed by atoms with van der Waals surface area (Å²) < 4.78 is 44.3. The zero-order valence-electron chi connectivity index (χ0n) is 17.2. The first-order valence-electron chi connectivity index (χ1n) is 10.4. The normalized spacial score (nSPS) is 25.0. The maximum absolute atomic E-state index is 12.9. The molecule has 0 spiro atoms. The van der Waals surface area contributed by atoms with E-state index in [2.05, 4.69) is 10.3 Å². The van der Waals surface area contributed by atoms with Crippen LogP contribution in [0.5, 0.6) is 5.75 Å². The van der Waals surface area contributed by atoms with Crippen LogP contribution in [-0.2, 0) is 17.5 Å². The topological polar surface area (TPSA) is 71.5 Å². The molecular weight excluding hydrogens is 409 g/mol. The van der Waals surface area contributed by atoms with Crippen LogP contribution >= 0.6 is 0 Å². The van der Waals surface area contributed by atoms with Crippen LogP contribution in [0.4, 0.5) is 13.2 Å². The van der Waals surface area contributed by atoms with Crippen molar-refractivity contribution in [2.24, 2.45) is 17.8 Å². The summed E-state index contributed by atoms with van der Waals surface area (Å²) in [7, 11) is 0. The smallest absolute Gasteiger partial charge is 0.416 e. The standard InChI is InChI=1S/C23H25F3N2O3/c1-13-5-6-27-20(21(13)29)22(30)28-19-10-15-7-16(18(19)9-15)12-31-11-14-3-2-4-17(8-14)23(24,25)26/h2-6,8,15-16,18-19,29H,7,9-12H2,1H3,(H,28,30)/t15?,16-,18?,19-/m0/s1. The lowest BCUT2D eigenvalue weighted by Gasteiger charge is -2.30. The Labute approximate surface area is 178 Å². The van der Waals surface area contributed by atoms with Crippen LogP contribution in [0.1, 0.15) is 46.4 Å². The number of amides is 1. The third-order valence-electron chi connectivity index (χ3n) is 6.46. The molecule has 0 radical (unpaired) electrons. The van der Waals surface area contributed by atoms with E-state index in [1.807, 2.05) is 0 Å². The molecule has 4 atom stereocenters. The van der Waals surface area contributed by atoms with Gasteiger partial charge in [-0.2, -0.15) is 13.2 Å². The highest BCUT2D eigenvalue weighted by Crippen LogP contribution is 2.48. The Morgan fingerprint density at radius 1 is 1.26 bits per heavy atom. The molecule has 31 heavy (non-hydrogen) atoms. The average molecular weight is 434 g/mol. The second-order valence-electron chi connectivity index (χ2n) is 8.62. The first kappa shape index (κ1) is 21.6. The lowest BCUT2D eigenvalue weighted by molar-refractivity contribution is -0.137. The molecule has 1 aromatic carbocycles. The first-order chi connectivity index (χ1) is 14.7. The van der Waals surface area contributed by atoms with Gasteiger partial charge in [0.2, 0.25) is 0 Å². The Balaban J connectivity index is 1.32. The number of halogens is 3. The van der Waals surface area contributed by atoms with Crippen molar-refractivity contribution >= 4 is 5.91 Å². The highest BCUT2D eigenvalue weighted by Gasteiger charge is 2.46. The van der Waals surface area contributed by atoms with Crippen LogP contribution in [-0.4, -0.2) is 28.6 Å². The second kappa shape index (κ2) is 8.49. The molecule has 2 aliphatic rings.